The molecule has 0 radical (unpaired) electrons. The van der Waals surface area contributed by atoms with E-state index in [4.69, 9.17) is 14.6 Å². The molecule has 23 heavy (non-hydrogen) atoms. The molecule has 8 heteroatoms. The van der Waals surface area contributed by atoms with Crippen molar-refractivity contribution in [3.05, 3.63) is 47.4 Å². The third kappa shape index (κ3) is 3.78. The standard InChI is InChI=1S/C15H12F3NO4/c1-22-4-5-23-8-6-10(17)13(11(18)7-8)14-9(16)2-3-12(19-14)15(20)21/h2-3,6-7H,4-5H2,1H3,(H,20,21). The van der Waals surface area contributed by atoms with Crippen LogP contribution in [0.2, 0.25) is 0 Å². The number of halogens is 3. The molecular weight excluding hydrogens is 315 g/mol. The zero-order valence-electron chi connectivity index (χ0n) is 12.0. The summed E-state index contributed by atoms with van der Waals surface area (Å²) in [6.45, 7) is 0.303. The fourth-order valence-electron chi connectivity index (χ4n) is 1.84. The van der Waals surface area contributed by atoms with Crippen LogP contribution in [0.15, 0.2) is 24.3 Å². The second-order valence-corrected chi connectivity index (χ2v) is 4.44. The van der Waals surface area contributed by atoms with Gasteiger partial charge in [0.1, 0.15) is 41.2 Å². The van der Waals surface area contributed by atoms with E-state index in [0.717, 1.165) is 24.3 Å². The van der Waals surface area contributed by atoms with Gasteiger partial charge in [0.05, 0.1) is 12.2 Å². The summed E-state index contributed by atoms with van der Waals surface area (Å²) in [7, 11) is 1.44. The van der Waals surface area contributed by atoms with Gasteiger partial charge in [0.2, 0.25) is 0 Å². The number of pyridine rings is 1. The number of methoxy groups -OCH3 is 1. The first-order valence-corrected chi connectivity index (χ1v) is 6.45. The average Bonchev–Trinajstić information content (AvgIpc) is 2.48. The van der Waals surface area contributed by atoms with E-state index >= 15 is 0 Å². The van der Waals surface area contributed by atoms with Crippen molar-refractivity contribution in [2.24, 2.45) is 0 Å². The summed E-state index contributed by atoms with van der Waals surface area (Å²) in [5.41, 5.74) is -2.01. The van der Waals surface area contributed by atoms with Crippen molar-refractivity contribution in [1.29, 1.82) is 0 Å². The van der Waals surface area contributed by atoms with Gasteiger partial charge in [-0.05, 0) is 12.1 Å². The summed E-state index contributed by atoms with van der Waals surface area (Å²) < 4.78 is 51.8. The topological polar surface area (TPSA) is 68.7 Å². The van der Waals surface area contributed by atoms with Crippen molar-refractivity contribution in [1.82, 2.24) is 4.98 Å². The fourth-order valence-corrected chi connectivity index (χ4v) is 1.84. The maximum Gasteiger partial charge on any atom is 0.354 e. The number of aromatic nitrogens is 1. The molecule has 1 heterocycles. The van der Waals surface area contributed by atoms with Crippen LogP contribution in [-0.2, 0) is 4.74 Å². The molecule has 0 amide bonds. The number of carbonyl (C=O) groups is 1. The largest absolute Gasteiger partial charge is 0.491 e. The molecule has 0 unspecified atom stereocenters. The van der Waals surface area contributed by atoms with Crippen LogP contribution < -0.4 is 4.74 Å². The number of ether oxygens (including phenoxy) is 2. The van der Waals surface area contributed by atoms with Gasteiger partial charge in [-0.15, -0.1) is 0 Å². The van der Waals surface area contributed by atoms with Crippen molar-refractivity contribution in [3.63, 3.8) is 0 Å². The smallest absolute Gasteiger partial charge is 0.354 e. The first-order valence-electron chi connectivity index (χ1n) is 6.45. The Bertz CT molecular complexity index is 714. The zero-order chi connectivity index (χ0) is 17.0. The Hall–Kier alpha value is -2.61. The molecule has 0 aliphatic heterocycles. The van der Waals surface area contributed by atoms with Crippen LogP contribution in [0.25, 0.3) is 11.3 Å². The molecule has 0 fully saturated rings. The van der Waals surface area contributed by atoms with Crippen LogP contribution in [0.4, 0.5) is 13.2 Å². The molecule has 0 saturated carbocycles. The Morgan fingerprint density at radius 2 is 1.78 bits per heavy atom. The number of carboxylic acids is 1. The second kappa shape index (κ2) is 7.10. The second-order valence-electron chi connectivity index (χ2n) is 4.44. The molecule has 2 rings (SSSR count). The summed E-state index contributed by atoms with van der Waals surface area (Å²) in [6, 6.07) is 3.41. The maximum atomic E-state index is 14.1. The van der Waals surface area contributed by atoms with Crippen LogP contribution in [0.1, 0.15) is 10.5 Å². The van der Waals surface area contributed by atoms with Gasteiger partial charge in [0.15, 0.2) is 0 Å². The lowest BCUT2D eigenvalue weighted by molar-refractivity contribution is 0.0690. The van der Waals surface area contributed by atoms with Crippen LogP contribution in [0, 0.1) is 17.5 Å². The van der Waals surface area contributed by atoms with Crippen molar-refractivity contribution in [2.75, 3.05) is 20.3 Å². The van der Waals surface area contributed by atoms with Crippen molar-refractivity contribution >= 4 is 5.97 Å². The highest BCUT2D eigenvalue weighted by molar-refractivity contribution is 5.86. The zero-order valence-corrected chi connectivity index (χ0v) is 12.0. The Morgan fingerprint density at radius 1 is 1.13 bits per heavy atom. The lowest BCUT2D eigenvalue weighted by Gasteiger charge is -2.10. The van der Waals surface area contributed by atoms with Gasteiger partial charge in [-0.3, -0.25) is 0 Å². The Labute approximate surface area is 129 Å². The molecule has 0 spiro atoms. The number of hydrogen-bond acceptors (Lipinski definition) is 4. The van der Waals surface area contributed by atoms with Crippen molar-refractivity contribution in [3.8, 4) is 17.0 Å². The molecule has 1 N–H and O–H groups in total. The normalized spacial score (nSPS) is 10.6. The summed E-state index contributed by atoms with van der Waals surface area (Å²) in [5, 5.41) is 8.85. The van der Waals surface area contributed by atoms with Crippen LogP contribution in [-0.4, -0.2) is 36.4 Å². The van der Waals surface area contributed by atoms with E-state index in [0.29, 0.717) is 0 Å². The molecule has 0 bridgehead atoms. The van der Waals surface area contributed by atoms with E-state index in [1.54, 1.807) is 0 Å². The van der Waals surface area contributed by atoms with E-state index in [1.807, 2.05) is 0 Å². The van der Waals surface area contributed by atoms with Gasteiger partial charge in [-0.25, -0.2) is 22.9 Å². The highest BCUT2D eigenvalue weighted by atomic mass is 19.1. The monoisotopic (exact) mass is 327 g/mol. The summed E-state index contributed by atoms with van der Waals surface area (Å²) in [4.78, 5) is 14.3. The maximum absolute atomic E-state index is 14.1. The molecule has 0 atom stereocenters. The van der Waals surface area contributed by atoms with E-state index in [-0.39, 0.29) is 19.0 Å². The van der Waals surface area contributed by atoms with E-state index in [1.165, 1.54) is 7.11 Å². The quantitative estimate of drug-likeness (QED) is 0.826. The Kier molecular flexibility index (Phi) is 5.17. The SMILES string of the molecule is COCCOc1cc(F)c(-c2nc(C(=O)O)ccc2F)c(F)c1. The number of carboxylic acid groups (broad SMARTS) is 1. The minimum atomic E-state index is -1.44. The molecule has 1 aromatic carbocycles. The Morgan fingerprint density at radius 3 is 2.35 bits per heavy atom. The average molecular weight is 327 g/mol. The summed E-state index contributed by atoms with van der Waals surface area (Å²) in [6.07, 6.45) is 0. The molecule has 0 aliphatic carbocycles. The van der Waals surface area contributed by atoms with Gasteiger partial charge >= 0.3 is 5.97 Å². The van der Waals surface area contributed by atoms with Gasteiger partial charge in [-0.1, -0.05) is 0 Å². The first kappa shape index (κ1) is 16.8. The lowest BCUT2D eigenvalue weighted by Crippen LogP contribution is -2.07. The predicted molar refractivity (Wildman–Crippen MR) is 73.9 cm³/mol. The first-order chi connectivity index (χ1) is 10.9. The molecule has 122 valence electrons. The number of nitrogens with zero attached hydrogens (tertiary/aromatic N) is 1. The minimum absolute atomic E-state index is 0.0792. The molecule has 1 aromatic heterocycles. The van der Waals surface area contributed by atoms with Gasteiger partial charge in [0, 0.05) is 19.2 Å². The van der Waals surface area contributed by atoms with E-state index < -0.39 is 40.4 Å². The summed E-state index contributed by atoms with van der Waals surface area (Å²) in [5.74, 6) is -4.82. The van der Waals surface area contributed by atoms with Crippen LogP contribution in [0.3, 0.4) is 0 Å². The van der Waals surface area contributed by atoms with E-state index in [2.05, 4.69) is 4.98 Å². The number of aromatic carboxylic acids is 1. The van der Waals surface area contributed by atoms with Crippen molar-refractivity contribution < 1.29 is 32.5 Å². The van der Waals surface area contributed by atoms with Gasteiger partial charge in [-0.2, -0.15) is 0 Å². The van der Waals surface area contributed by atoms with Crippen molar-refractivity contribution in [2.45, 2.75) is 0 Å². The van der Waals surface area contributed by atoms with Crippen LogP contribution >= 0.6 is 0 Å². The molecule has 5 nitrogen and oxygen atoms in total. The number of rotatable bonds is 6. The van der Waals surface area contributed by atoms with E-state index in [9.17, 15) is 18.0 Å². The predicted octanol–water partition coefficient (Wildman–Crippen LogP) is 2.89. The third-order valence-electron chi connectivity index (χ3n) is 2.87. The number of hydrogen-bond donors (Lipinski definition) is 1. The summed E-state index contributed by atoms with van der Waals surface area (Å²) >= 11 is 0. The lowest BCUT2D eigenvalue weighted by atomic mass is 10.1. The third-order valence-corrected chi connectivity index (χ3v) is 2.87. The minimum Gasteiger partial charge on any atom is -0.491 e. The molecule has 0 saturated heterocycles. The molecular formula is C15H12F3NO4. The highest BCUT2D eigenvalue weighted by Gasteiger charge is 2.20. The molecule has 0 aliphatic rings. The van der Waals surface area contributed by atoms with Crippen LogP contribution in [0.5, 0.6) is 5.75 Å². The number of benzene rings is 1. The Balaban J connectivity index is 2.44. The fraction of sp³-hybridized carbons (Fsp3) is 0.200. The highest BCUT2D eigenvalue weighted by Crippen LogP contribution is 2.30. The van der Waals surface area contributed by atoms with Gasteiger partial charge < -0.3 is 14.6 Å². The molecule has 2 aromatic rings. The van der Waals surface area contributed by atoms with Gasteiger partial charge in [0.25, 0.3) is 0 Å².